The second kappa shape index (κ2) is 16.0. The zero-order chi connectivity index (χ0) is 31.6. The molecule has 2 aromatic carbocycles. The Morgan fingerprint density at radius 1 is 0.977 bits per heavy atom. The first kappa shape index (κ1) is 34.3. The second-order valence-electron chi connectivity index (χ2n) is 12.5. The van der Waals surface area contributed by atoms with Crippen LogP contribution >= 0.6 is 0 Å². The van der Waals surface area contributed by atoms with Crippen LogP contribution < -0.4 is 0 Å². The maximum Gasteiger partial charge on any atom is 0.416 e. The predicted octanol–water partition coefficient (Wildman–Crippen LogP) is 7.38. The molecule has 1 heterocycles. The van der Waals surface area contributed by atoms with E-state index in [-0.39, 0.29) is 25.4 Å². The number of hydrogen-bond acceptors (Lipinski definition) is 5. The molecule has 0 unspecified atom stereocenters. The van der Waals surface area contributed by atoms with E-state index in [2.05, 4.69) is 48.1 Å². The molecule has 1 aliphatic rings. The molecule has 0 spiro atoms. The Bertz CT molecular complexity index is 1180. The Hall–Kier alpha value is -3.23. The van der Waals surface area contributed by atoms with E-state index in [4.69, 9.17) is 9.16 Å². The van der Waals surface area contributed by atoms with Gasteiger partial charge in [0.05, 0.1) is 18.6 Å². The first-order valence-electron chi connectivity index (χ1n) is 15.6. The van der Waals surface area contributed by atoms with Gasteiger partial charge in [-0.05, 0) is 40.6 Å². The summed E-state index contributed by atoms with van der Waals surface area (Å²) in [5.74, 6) is -1.26. The maximum absolute atomic E-state index is 13.9. The first-order chi connectivity index (χ1) is 20.5. The molecule has 7 nitrogen and oxygen atoms in total. The van der Waals surface area contributed by atoms with Crippen molar-refractivity contribution < 1.29 is 23.5 Å². The van der Waals surface area contributed by atoms with Crippen molar-refractivity contribution in [3.05, 3.63) is 84.4 Å². The minimum absolute atomic E-state index is 0.0271. The highest BCUT2D eigenvalue weighted by Gasteiger charge is 2.45. The van der Waals surface area contributed by atoms with Gasteiger partial charge in [0.2, 0.25) is 11.8 Å². The Balaban J connectivity index is 1.79. The van der Waals surface area contributed by atoms with Crippen molar-refractivity contribution in [3.63, 3.8) is 0 Å². The molecular formula is C35H50N2O5Si. The van der Waals surface area contributed by atoms with Crippen LogP contribution in [-0.4, -0.2) is 61.8 Å². The lowest BCUT2D eigenvalue weighted by molar-refractivity contribution is -0.140. The number of ether oxygens (including phenoxy) is 1. The van der Waals surface area contributed by atoms with Gasteiger partial charge >= 0.3 is 6.09 Å². The van der Waals surface area contributed by atoms with Gasteiger partial charge in [-0.2, -0.15) is 0 Å². The van der Waals surface area contributed by atoms with Crippen molar-refractivity contribution in [3.8, 4) is 0 Å². The van der Waals surface area contributed by atoms with Gasteiger partial charge in [-0.3, -0.25) is 9.59 Å². The molecule has 3 rings (SSSR count). The molecule has 0 bridgehead atoms. The third-order valence-electron chi connectivity index (χ3n) is 8.72. The van der Waals surface area contributed by atoms with Gasteiger partial charge in [0.15, 0.2) is 8.32 Å². The zero-order valence-electron chi connectivity index (χ0n) is 26.8. The average molecular weight is 607 g/mol. The van der Waals surface area contributed by atoms with Gasteiger partial charge in [-0.15, -0.1) is 6.58 Å². The molecule has 1 aliphatic heterocycles. The summed E-state index contributed by atoms with van der Waals surface area (Å²) in [6, 6.07) is 19.2. The third-order valence-corrected chi connectivity index (χ3v) is 14.8. The third kappa shape index (κ3) is 8.67. The number of carbonyl (C=O) groups excluding carboxylic acids is 3. The van der Waals surface area contributed by atoms with Crippen molar-refractivity contribution in [1.29, 1.82) is 0 Å². The van der Waals surface area contributed by atoms with Crippen LogP contribution in [0, 0.1) is 5.92 Å². The van der Waals surface area contributed by atoms with Gasteiger partial charge < -0.3 is 14.1 Å². The quantitative estimate of drug-likeness (QED) is 0.147. The highest BCUT2D eigenvalue weighted by Crippen LogP contribution is 2.42. The molecule has 0 aliphatic carbocycles. The van der Waals surface area contributed by atoms with E-state index >= 15 is 0 Å². The summed E-state index contributed by atoms with van der Waals surface area (Å²) in [5.41, 5.74) is 3.32. The van der Waals surface area contributed by atoms with Gasteiger partial charge in [-0.25, -0.2) is 9.69 Å². The summed E-state index contributed by atoms with van der Waals surface area (Å²) in [6.07, 6.45) is 1.74. The largest absolute Gasteiger partial charge is 0.447 e. The first-order valence-corrected chi connectivity index (χ1v) is 17.8. The van der Waals surface area contributed by atoms with Crippen LogP contribution in [0.4, 0.5) is 4.79 Å². The SMILES string of the molecule is C=CC[C@@H](CC(=O)N(CCO[Si](C(C)C)(C(C)C)C(C)C)Cc1ccccc1)C(=O)N1C(=O)OC[C@H]1Cc1ccccc1. The Morgan fingerprint density at radius 3 is 2.07 bits per heavy atom. The Morgan fingerprint density at radius 2 is 1.53 bits per heavy atom. The molecule has 3 amide bonds. The van der Waals surface area contributed by atoms with Gasteiger partial charge in [0.1, 0.15) is 6.61 Å². The topological polar surface area (TPSA) is 76.2 Å². The van der Waals surface area contributed by atoms with Gasteiger partial charge in [-0.1, -0.05) is 108 Å². The standard InChI is InChI=1S/C35H50N2O5Si/c1-8-15-31(34(39)37-32(25-41-35(37)40)22-29-16-11-9-12-17-29)23-33(38)36(24-30-18-13-10-14-19-30)20-21-42-43(26(2)3,27(4)5)28(6)7/h8-14,16-19,26-28,31-32H,1,15,20-25H2,2-7H3/t31-,32+/m0/s1. The summed E-state index contributed by atoms with van der Waals surface area (Å²) in [6.45, 7) is 18.7. The zero-order valence-corrected chi connectivity index (χ0v) is 27.8. The molecule has 0 N–H and O–H groups in total. The fourth-order valence-corrected chi connectivity index (χ4v) is 12.1. The Kier molecular flexibility index (Phi) is 12.8. The summed E-state index contributed by atoms with van der Waals surface area (Å²) >= 11 is 0. The van der Waals surface area contributed by atoms with Crippen molar-refractivity contribution in [2.75, 3.05) is 19.8 Å². The molecule has 2 aromatic rings. The average Bonchev–Trinajstić information content (AvgIpc) is 3.33. The molecular weight excluding hydrogens is 556 g/mol. The second-order valence-corrected chi connectivity index (χ2v) is 18.0. The molecule has 0 aromatic heterocycles. The lowest BCUT2D eigenvalue weighted by atomic mass is 9.97. The van der Waals surface area contributed by atoms with Crippen molar-refractivity contribution in [2.24, 2.45) is 5.92 Å². The van der Waals surface area contributed by atoms with Crippen LogP contribution in [-0.2, 0) is 31.7 Å². The lowest BCUT2D eigenvalue weighted by Crippen LogP contribution is -2.49. The highest BCUT2D eigenvalue weighted by molar-refractivity contribution is 6.77. The summed E-state index contributed by atoms with van der Waals surface area (Å²) < 4.78 is 12.1. The van der Waals surface area contributed by atoms with E-state index in [1.807, 2.05) is 60.7 Å². The number of carbonyl (C=O) groups is 3. The predicted molar refractivity (Wildman–Crippen MR) is 174 cm³/mol. The van der Waals surface area contributed by atoms with Gasteiger partial charge in [0.25, 0.3) is 0 Å². The van der Waals surface area contributed by atoms with E-state index in [1.54, 1.807) is 11.0 Å². The molecule has 8 heteroatoms. The monoisotopic (exact) mass is 606 g/mol. The fraction of sp³-hybridized carbons (Fsp3) is 0.514. The molecule has 1 fully saturated rings. The summed E-state index contributed by atoms with van der Waals surface area (Å²) in [4.78, 5) is 43.5. The Labute approximate surface area is 259 Å². The van der Waals surface area contributed by atoms with Crippen molar-refractivity contribution in [2.45, 2.75) is 90.0 Å². The maximum atomic E-state index is 13.9. The van der Waals surface area contributed by atoms with Crippen LogP contribution in [0.1, 0.15) is 65.5 Å². The number of cyclic esters (lactones) is 1. The molecule has 234 valence electrons. The molecule has 2 atom stereocenters. The highest BCUT2D eigenvalue weighted by atomic mass is 28.4. The van der Waals surface area contributed by atoms with E-state index in [9.17, 15) is 14.4 Å². The van der Waals surface area contributed by atoms with Crippen LogP contribution in [0.15, 0.2) is 73.3 Å². The van der Waals surface area contributed by atoms with Crippen LogP contribution in [0.3, 0.4) is 0 Å². The van der Waals surface area contributed by atoms with Crippen LogP contribution in [0.2, 0.25) is 16.6 Å². The van der Waals surface area contributed by atoms with E-state index < -0.39 is 32.3 Å². The van der Waals surface area contributed by atoms with Crippen LogP contribution in [0.25, 0.3) is 0 Å². The number of benzene rings is 2. The molecule has 0 saturated carbocycles. The van der Waals surface area contributed by atoms with E-state index in [0.29, 0.717) is 42.7 Å². The number of rotatable bonds is 16. The number of amides is 3. The normalized spacial score (nSPS) is 16.1. The smallest absolute Gasteiger partial charge is 0.416 e. The summed E-state index contributed by atoms with van der Waals surface area (Å²) in [7, 11) is -2.11. The number of imide groups is 1. The molecule has 0 radical (unpaired) electrons. The number of allylic oxidation sites excluding steroid dienone is 1. The molecule has 1 saturated heterocycles. The number of nitrogens with zero attached hydrogens (tertiary/aromatic N) is 2. The van der Waals surface area contributed by atoms with E-state index in [0.717, 1.165) is 11.1 Å². The number of hydrogen-bond donors (Lipinski definition) is 0. The minimum Gasteiger partial charge on any atom is -0.447 e. The van der Waals surface area contributed by atoms with Crippen molar-refractivity contribution >= 4 is 26.2 Å². The molecule has 43 heavy (non-hydrogen) atoms. The fourth-order valence-electron chi connectivity index (χ4n) is 6.70. The minimum atomic E-state index is -2.11. The summed E-state index contributed by atoms with van der Waals surface area (Å²) in [5, 5.41) is 0. The van der Waals surface area contributed by atoms with Gasteiger partial charge in [0, 0.05) is 19.5 Å². The van der Waals surface area contributed by atoms with Crippen LogP contribution in [0.5, 0.6) is 0 Å². The van der Waals surface area contributed by atoms with E-state index in [1.165, 1.54) is 4.90 Å². The lowest BCUT2D eigenvalue weighted by Gasteiger charge is -2.42. The van der Waals surface area contributed by atoms with Crippen molar-refractivity contribution in [1.82, 2.24) is 9.80 Å².